The van der Waals surface area contributed by atoms with Gasteiger partial charge in [0, 0.05) is 16.9 Å². The molecule has 1 heterocycles. The topological polar surface area (TPSA) is 84.0 Å². The highest BCUT2D eigenvalue weighted by Crippen LogP contribution is 2.29. The molecule has 6 nitrogen and oxygen atoms in total. The summed E-state index contributed by atoms with van der Waals surface area (Å²) in [7, 11) is 0. The third kappa shape index (κ3) is 4.85. The lowest BCUT2D eigenvalue weighted by atomic mass is 9.98. The Morgan fingerprint density at radius 1 is 1.00 bits per heavy atom. The molecule has 29 heavy (non-hydrogen) atoms. The smallest absolute Gasteiger partial charge is 0.275 e. The van der Waals surface area contributed by atoms with Crippen LogP contribution in [0.3, 0.4) is 0 Å². The van der Waals surface area contributed by atoms with Crippen LogP contribution in [0, 0.1) is 6.92 Å². The van der Waals surface area contributed by atoms with Gasteiger partial charge in [-0.15, -0.1) is 0 Å². The van der Waals surface area contributed by atoms with Crippen LogP contribution in [0.5, 0.6) is 0 Å². The van der Waals surface area contributed by atoms with E-state index in [0.717, 1.165) is 11.3 Å². The van der Waals surface area contributed by atoms with Crippen LogP contribution in [0.15, 0.2) is 54.9 Å². The van der Waals surface area contributed by atoms with Gasteiger partial charge in [-0.2, -0.15) is 0 Å². The summed E-state index contributed by atoms with van der Waals surface area (Å²) >= 11 is 0. The van der Waals surface area contributed by atoms with E-state index in [4.69, 9.17) is 0 Å². The van der Waals surface area contributed by atoms with Crippen molar-refractivity contribution in [1.82, 2.24) is 9.97 Å². The van der Waals surface area contributed by atoms with E-state index >= 15 is 0 Å². The number of hydrogen-bond donors (Lipinski definition) is 2. The summed E-state index contributed by atoms with van der Waals surface area (Å²) in [6.45, 7) is 7.80. The van der Waals surface area contributed by atoms with Crippen molar-refractivity contribution in [3.8, 4) is 0 Å². The first kappa shape index (κ1) is 20.2. The van der Waals surface area contributed by atoms with E-state index in [0.29, 0.717) is 23.0 Å². The third-order valence-electron chi connectivity index (χ3n) is 4.59. The number of benzene rings is 2. The number of amides is 1. The molecule has 0 unspecified atom stereocenters. The molecule has 1 aromatic heterocycles. The monoisotopic (exact) mass is 388 g/mol. The molecule has 0 aliphatic carbocycles. The molecule has 0 fully saturated rings. The summed E-state index contributed by atoms with van der Waals surface area (Å²) in [6, 6.07) is 12.9. The normalized spacial score (nSPS) is 10.7. The molecule has 6 heteroatoms. The molecule has 2 N–H and O–H groups in total. The van der Waals surface area contributed by atoms with Crippen LogP contribution in [-0.2, 0) is 0 Å². The Balaban J connectivity index is 1.75. The number of carbonyl (C=O) groups excluding carboxylic acids is 2. The highest BCUT2D eigenvalue weighted by Gasteiger charge is 2.12. The Morgan fingerprint density at radius 2 is 1.76 bits per heavy atom. The average molecular weight is 388 g/mol. The van der Waals surface area contributed by atoms with E-state index in [1.165, 1.54) is 24.9 Å². The highest BCUT2D eigenvalue weighted by atomic mass is 16.2. The van der Waals surface area contributed by atoms with Crippen molar-refractivity contribution in [2.24, 2.45) is 0 Å². The lowest BCUT2D eigenvalue weighted by Crippen LogP contribution is -2.14. The number of aryl methyl sites for hydroxylation is 1. The first-order valence-corrected chi connectivity index (χ1v) is 9.46. The zero-order valence-electron chi connectivity index (χ0n) is 17.0. The fourth-order valence-electron chi connectivity index (χ4n) is 2.99. The molecule has 3 rings (SSSR count). The molecular formula is C23H24N4O2. The quantitative estimate of drug-likeness (QED) is 0.574. The zero-order valence-corrected chi connectivity index (χ0v) is 17.0. The molecule has 0 saturated carbocycles. The van der Waals surface area contributed by atoms with E-state index in [-0.39, 0.29) is 17.4 Å². The molecule has 0 saturated heterocycles. The van der Waals surface area contributed by atoms with Crippen LogP contribution in [0.4, 0.5) is 17.2 Å². The van der Waals surface area contributed by atoms with Gasteiger partial charge >= 0.3 is 0 Å². The van der Waals surface area contributed by atoms with Gasteiger partial charge < -0.3 is 10.6 Å². The largest absolute Gasteiger partial charge is 0.338 e. The van der Waals surface area contributed by atoms with E-state index < -0.39 is 0 Å². The summed E-state index contributed by atoms with van der Waals surface area (Å²) in [5.41, 5.74) is 4.58. The van der Waals surface area contributed by atoms with Crippen LogP contribution in [-0.4, -0.2) is 21.7 Å². The first-order chi connectivity index (χ1) is 13.8. The number of carbonyl (C=O) groups is 2. The molecule has 2 aromatic carbocycles. The fourth-order valence-corrected chi connectivity index (χ4v) is 2.99. The summed E-state index contributed by atoms with van der Waals surface area (Å²) < 4.78 is 0. The van der Waals surface area contributed by atoms with Gasteiger partial charge in [0.25, 0.3) is 5.91 Å². The van der Waals surface area contributed by atoms with Gasteiger partial charge in [0.2, 0.25) is 0 Å². The SMILES string of the molecule is CC(=O)c1cccc(NC(=O)c2cnc(Nc3c(C)cccc3C(C)C)cn2)c1. The fraction of sp³-hybridized carbons (Fsp3) is 0.217. The highest BCUT2D eigenvalue weighted by molar-refractivity contribution is 6.03. The summed E-state index contributed by atoms with van der Waals surface area (Å²) in [6.07, 6.45) is 2.97. The molecule has 0 bridgehead atoms. The predicted molar refractivity (Wildman–Crippen MR) is 115 cm³/mol. The number of rotatable bonds is 6. The Bertz CT molecular complexity index is 1040. The van der Waals surface area contributed by atoms with Crippen molar-refractivity contribution in [3.63, 3.8) is 0 Å². The van der Waals surface area contributed by atoms with Gasteiger partial charge in [-0.05, 0) is 43.0 Å². The number of ketones is 1. The molecule has 0 spiro atoms. The molecule has 0 atom stereocenters. The van der Waals surface area contributed by atoms with E-state index in [9.17, 15) is 9.59 Å². The minimum Gasteiger partial charge on any atom is -0.338 e. The van der Waals surface area contributed by atoms with Gasteiger partial charge in [0.15, 0.2) is 5.78 Å². The van der Waals surface area contributed by atoms with Gasteiger partial charge in [-0.1, -0.05) is 44.2 Å². The third-order valence-corrected chi connectivity index (χ3v) is 4.59. The number of aromatic nitrogens is 2. The Kier molecular flexibility index (Phi) is 6.02. The van der Waals surface area contributed by atoms with Gasteiger partial charge in [0.1, 0.15) is 11.5 Å². The number of hydrogen-bond acceptors (Lipinski definition) is 5. The summed E-state index contributed by atoms with van der Waals surface area (Å²) in [5.74, 6) is 0.481. The summed E-state index contributed by atoms with van der Waals surface area (Å²) in [5, 5.41) is 6.06. The zero-order chi connectivity index (χ0) is 21.0. The lowest BCUT2D eigenvalue weighted by molar-refractivity contribution is 0.100. The van der Waals surface area contributed by atoms with E-state index in [1.54, 1.807) is 24.3 Å². The Labute approximate surface area is 170 Å². The number of nitrogens with one attached hydrogen (secondary N) is 2. The van der Waals surface area contributed by atoms with Crippen LogP contribution < -0.4 is 10.6 Å². The van der Waals surface area contributed by atoms with Crippen LogP contribution >= 0.6 is 0 Å². The van der Waals surface area contributed by atoms with Gasteiger partial charge in [-0.25, -0.2) is 9.97 Å². The molecule has 1 amide bonds. The molecular weight excluding hydrogens is 364 g/mol. The molecule has 148 valence electrons. The van der Waals surface area contributed by atoms with Crippen molar-refractivity contribution < 1.29 is 9.59 Å². The standard InChI is InChI=1S/C23H24N4O2/c1-14(2)19-10-5-7-15(3)22(19)27-21-13-24-20(12-25-21)23(29)26-18-9-6-8-17(11-18)16(4)28/h5-14H,1-4H3,(H,25,27)(H,26,29). The summed E-state index contributed by atoms with van der Waals surface area (Å²) in [4.78, 5) is 32.5. The van der Waals surface area contributed by atoms with Gasteiger partial charge in [-0.3, -0.25) is 9.59 Å². The molecule has 0 aliphatic heterocycles. The minimum atomic E-state index is -0.386. The molecule has 0 radical (unpaired) electrons. The Morgan fingerprint density at radius 3 is 2.41 bits per heavy atom. The maximum absolute atomic E-state index is 12.4. The van der Waals surface area contributed by atoms with Crippen molar-refractivity contribution in [3.05, 3.63) is 77.2 Å². The second-order valence-corrected chi connectivity index (χ2v) is 7.20. The van der Waals surface area contributed by atoms with Gasteiger partial charge in [0.05, 0.1) is 12.4 Å². The van der Waals surface area contributed by atoms with Crippen LogP contribution in [0.1, 0.15) is 58.7 Å². The van der Waals surface area contributed by atoms with E-state index in [2.05, 4.69) is 40.5 Å². The Hall–Kier alpha value is -3.54. The first-order valence-electron chi connectivity index (χ1n) is 9.46. The second kappa shape index (κ2) is 8.65. The van der Waals surface area contributed by atoms with Crippen LogP contribution in [0.25, 0.3) is 0 Å². The second-order valence-electron chi connectivity index (χ2n) is 7.20. The number of para-hydroxylation sites is 1. The molecule has 3 aromatic rings. The number of anilines is 3. The molecule has 0 aliphatic rings. The average Bonchev–Trinajstić information content (AvgIpc) is 2.70. The van der Waals surface area contributed by atoms with Crippen molar-refractivity contribution in [1.29, 1.82) is 0 Å². The maximum Gasteiger partial charge on any atom is 0.275 e. The lowest BCUT2D eigenvalue weighted by Gasteiger charge is -2.16. The van der Waals surface area contributed by atoms with Crippen LogP contribution in [0.2, 0.25) is 0 Å². The number of Topliss-reactive ketones (excluding diaryl/α,β-unsaturated/α-hetero) is 1. The minimum absolute atomic E-state index is 0.0618. The number of nitrogens with zero attached hydrogens (tertiary/aromatic N) is 2. The van der Waals surface area contributed by atoms with E-state index in [1.807, 2.05) is 19.1 Å². The van der Waals surface area contributed by atoms with Crippen molar-refractivity contribution in [2.45, 2.75) is 33.6 Å². The van der Waals surface area contributed by atoms with Crippen molar-refractivity contribution in [2.75, 3.05) is 10.6 Å². The van der Waals surface area contributed by atoms with Crippen molar-refractivity contribution >= 4 is 28.9 Å². The maximum atomic E-state index is 12.4. The predicted octanol–water partition coefficient (Wildman–Crippen LogP) is 5.11.